The number of carbonyl (C=O) groups excluding carboxylic acids is 1. The van der Waals surface area contributed by atoms with Gasteiger partial charge < -0.3 is 9.84 Å². The Hall–Kier alpha value is -3.84. The Morgan fingerprint density at radius 1 is 1.00 bits per heavy atom. The van der Waals surface area contributed by atoms with Gasteiger partial charge in [-0.1, -0.05) is 43.3 Å². The van der Waals surface area contributed by atoms with Gasteiger partial charge in [-0.05, 0) is 77.3 Å². The number of rotatable bonds is 7. The zero-order chi connectivity index (χ0) is 24.1. The number of carbonyl (C=O) groups is 2. The molecule has 0 unspecified atom stereocenters. The molecule has 0 atom stereocenters. The van der Waals surface area contributed by atoms with Crippen LogP contribution in [-0.2, 0) is 17.8 Å². The van der Waals surface area contributed by atoms with Crippen molar-refractivity contribution >= 4 is 40.6 Å². The molecule has 1 heterocycles. The van der Waals surface area contributed by atoms with Gasteiger partial charge in [-0.3, -0.25) is 9.69 Å². The summed E-state index contributed by atoms with van der Waals surface area (Å²) in [6, 6.07) is 22.0. The number of methoxy groups -OCH3 is 1. The molecule has 0 radical (unpaired) electrons. The maximum Gasteiger partial charge on any atom is 0.335 e. The Kier molecular flexibility index (Phi) is 7.13. The molecule has 0 aromatic heterocycles. The van der Waals surface area contributed by atoms with Crippen LogP contribution in [-0.4, -0.2) is 34.2 Å². The molecule has 1 aliphatic heterocycles. The fraction of sp³-hybridized carbons (Fsp3) is 0.148. The van der Waals surface area contributed by atoms with Crippen molar-refractivity contribution in [1.29, 1.82) is 0 Å². The van der Waals surface area contributed by atoms with Gasteiger partial charge in [0.25, 0.3) is 5.91 Å². The molecule has 0 saturated carbocycles. The van der Waals surface area contributed by atoms with E-state index in [-0.39, 0.29) is 18.0 Å². The third-order valence-electron chi connectivity index (χ3n) is 5.41. The highest BCUT2D eigenvalue weighted by Crippen LogP contribution is 2.35. The summed E-state index contributed by atoms with van der Waals surface area (Å²) in [4.78, 5) is 31.4. The van der Waals surface area contributed by atoms with Crippen molar-refractivity contribution < 1.29 is 19.4 Å². The maximum atomic E-state index is 13.4. The number of hydrogen-bond donors (Lipinski definition) is 1. The summed E-state index contributed by atoms with van der Waals surface area (Å²) in [5, 5.41) is 9.71. The third kappa shape index (κ3) is 5.38. The molecular weight excluding hydrogens is 448 g/mol. The second kappa shape index (κ2) is 10.4. The van der Waals surface area contributed by atoms with E-state index in [1.165, 1.54) is 29.5 Å². The van der Waals surface area contributed by atoms with E-state index in [2.05, 4.69) is 19.1 Å². The quantitative estimate of drug-likeness (QED) is 0.442. The number of hydrogen-bond acceptors (Lipinski definition) is 5. The van der Waals surface area contributed by atoms with Crippen LogP contribution in [0.15, 0.2) is 82.7 Å². The fourth-order valence-electron chi connectivity index (χ4n) is 3.43. The number of amides is 1. The molecule has 7 heteroatoms. The first-order valence-corrected chi connectivity index (χ1v) is 11.6. The standard InChI is InChI=1S/C27H24N2O4S/c1-3-18-4-6-19(7-5-18)16-24-25(30)29(17-20-8-10-21(11-9-20)26(31)32)27(34-24)28-22-12-14-23(33-2)15-13-22/h4-16H,3,17H2,1-2H3,(H,31,32)/b24-16-,28-27?. The van der Waals surface area contributed by atoms with Crippen LogP contribution in [0.4, 0.5) is 5.69 Å². The average molecular weight is 473 g/mol. The van der Waals surface area contributed by atoms with Gasteiger partial charge in [0.1, 0.15) is 5.75 Å². The van der Waals surface area contributed by atoms with Crippen molar-refractivity contribution in [3.05, 3.63) is 100.0 Å². The van der Waals surface area contributed by atoms with Gasteiger partial charge in [0.2, 0.25) is 0 Å². The van der Waals surface area contributed by atoms with Gasteiger partial charge in [0.15, 0.2) is 5.17 Å². The van der Waals surface area contributed by atoms with Gasteiger partial charge in [0, 0.05) is 0 Å². The number of carboxylic acids is 1. The average Bonchev–Trinajstić information content (AvgIpc) is 3.14. The molecule has 1 saturated heterocycles. The highest BCUT2D eigenvalue weighted by atomic mass is 32.2. The van der Waals surface area contributed by atoms with Crippen LogP contribution in [0.3, 0.4) is 0 Å². The number of aryl methyl sites for hydroxylation is 1. The predicted molar refractivity (Wildman–Crippen MR) is 135 cm³/mol. The Morgan fingerprint density at radius 2 is 1.65 bits per heavy atom. The number of ether oxygens (including phenoxy) is 1. The van der Waals surface area contributed by atoms with Gasteiger partial charge >= 0.3 is 5.97 Å². The number of carboxylic acid groups (broad SMARTS) is 1. The van der Waals surface area contributed by atoms with Crippen LogP contribution in [0.2, 0.25) is 0 Å². The van der Waals surface area contributed by atoms with E-state index in [0.717, 1.165) is 23.3 Å². The number of aliphatic imine (C=N–C) groups is 1. The van der Waals surface area contributed by atoms with Gasteiger partial charge in [-0.2, -0.15) is 0 Å². The lowest BCUT2D eigenvalue weighted by Gasteiger charge is -2.16. The molecule has 0 aliphatic carbocycles. The normalized spacial score (nSPS) is 15.8. The summed E-state index contributed by atoms with van der Waals surface area (Å²) in [7, 11) is 1.61. The summed E-state index contributed by atoms with van der Waals surface area (Å²) < 4.78 is 5.21. The zero-order valence-corrected chi connectivity index (χ0v) is 19.7. The topological polar surface area (TPSA) is 79.2 Å². The lowest BCUT2D eigenvalue weighted by atomic mass is 10.1. The molecule has 1 aliphatic rings. The van der Waals surface area contributed by atoms with E-state index in [0.29, 0.717) is 15.8 Å². The van der Waals surface area contributed by atoms with E-state index in [4.69, 9.17) is 14.8 Å². The first-order valence-electron chi connectivity index (χ1n) is 10.8. The van der Waals surface area contributed by atoms with E-state index >= 15 is 0 Å². The lowest BCUT2D eigenvalue weighted by Crippen LogP contribution is -2.28. The van der Waals surface area contributed by atoms with Gasteiger partial charge in [-0.25, -0.2) is 9.79 Å². The van der Waals surface area contributed by atoms with Crippen LogP contribution in [0, 0.1) is 0 Å². The summed E-state index contributed by atoms with van der Waals surface area (Å²) in [6.07, 6.45) is 2.83. The minimum Gasteiger partial charge on any atom is -0.497 e. The first-order chi connectivity index (χ1) is 16.5. The van der Waals surface area contributed by atoms with Crippen LogP contribution in [0.5, 0.6) is 5.75 Å². The molecule has 1 amide bonds. The van der Waals surface area contributed by atoms with Crippen molar-refractivity contribution in [2.75, 3.05) is 7.11 Å². The Bertz CT molecular complexity index is 1250. The molecular formula is C27H24N2O4S. The Morgan fingerprint density at radius 3 is 2.24 bits per heavy atom. The minimum atomic E-state index is -0.986. The van der Waals surface area contributed by atoms with Crippen molar-refractivity contribution in [3.8, 4) is 5.75 Å². The van der Waals surface area contributed by atoms with Crippen LogP contribution in [0.25, 0.3) is 6.08 Å². The van der Waals surface area contributed by atoms with E-state index < -0.39 is 5.97 Å². The van der Waals surface area contributed by atoms with Crippen LogP contribution >= 0.6 is 11.8 Å². The molecule has 172 valence electrons. The van der Waals surface area contributed by atoms with Crippen LogP contribution < -0.4 is 4.74 Å². The summed E-state index contributed by atoms with van der Waals surface area (Å²) in [6.45, 7) is 2.39. The highest BCUT2D eigenvalue weighted by Gasteiger charge is 2.33. The first kappa shape index (κ1) is 23.3. The van der Waals surface area contributed by atoms with Crippen molar-refractivity contribution in [2.45, 2.75) is 19.9 Å². The monoisotopic (exact) mass is 472 g/mol. The third-order valence-corrected chi connectivity index (χ3v) is 6.42. The molecule has 1 N–H and O–H groups in total. The van der Waals surface area contributed by atoms with Crippen molar-refractivity contribution in [2.24, 2.45) is 4.99 Å². The number of thioether (sulfide) groups is 1. The SMILES string of the molecule is CCc1ccc(/C=C2\SC(=Nc3ccc(OC)cc3)N(Cc3ccc(C(=O)O)cc3)C2=O)cc1. The predicted octanol–water partition coefficient (Wildman–Crippen LogP) is 5.76. The van der Waals surface area contributed by atoms with Crippen LogP contribution in [0.1, 0.15) is 34.0 Å². The molecule has 34 heavy (non-hydrogen) atoms. The van der Waals surface area contributed by atoms with E-state index in [1.807, 2.05) is 42.5 Å². The van der Waals surface area contributed by atoms with Crippen molar-refractivity contribution in [3.63, 3.8) is 0 Å². The minimum absolute atomic E-state index is 0.140. The second-order valence-corrected chi connectivity index (χ2v) is 8.70. The molecule has 4 rings (SSSR count). The molecule has 6 nitrogen and oxygen atoms in total. The largest absolute Gasteiger partial charge is 0.497 e. The molecule has 3 aromatic carbocycles. The molecule has 1 fully saturated rings. The Balaban J connectivity index is 1.66. The number of amidine groups is 1. The Labute approximate surface area is 202 Å². The number of benzene rings is 3. The molecule has 3 aromatic rings. The highest BCUT2D eigenvalue weighted by molar-refractivity contribution is 8.18. The zero-order valence-electron chi connectivity index (χ0n) is 18.9. The van der Waals surface area contributed by atoms with Crippen molar-refractivity contribution in [1.82, 2.24) is 4.90 Å². The lowest BCUT2D eigenvalue weighted by molar-refractivity contribution is -0.122. The van der Waals surface area contributed by atoms with Gasteiger partial charge in [0.05, 0.1) is 29.8 Å². The fourth-order valence-corrected chi connectivity index (χ4v) is 4.43. The number of nitrogens with zero attached hydrogens (tertiary/aromatic N) is 2. The summed E-state index contributed by atoms with van der Waals surface area (Å²) in [5.41, 5.74) is 3.91. The summed E-state index contributed by atoms with van der Waals surface area (Å²) in [5.74, 6) is -0.398. The van der Waals surface area contributed by atoms with E-state index in [9.17, 15) is 9.59 Å². The smallest absolute Gasteiger partial charge is 0.335 e. The maximum absolute atomic E-state index is 13.4. The van der Waals surface area contributed by atoms with E-state index in [1.54, 1.807) is 24.1 Å². The molecule has 0 spiro atoms. The summed E-state index contributed by atoms with van der Waals surface area (Å²) >= 11 is 1.33. The number of aromatic carboxylic acids is 1. The van der Waals surface area contributed by atoms with Gasteiger partial charge in [-0.15, -0.1) is 0 Å². The molecule has 0 bridgehead atoms. The second-order valence-electron chi connectivity index (χ2n) is 7.69.